The van der Waals surface area contributed by atoms with E-state index >= 15 is 0 Å². The largest absolute Gasteiger partial charge is 0.292 e. The van der Waals surface area contributed by atoms with Gasteiger partial charge in [-0.15, -0.1) is 0 Å². The van der Waals surface area contributed by atoms with Gasteiger partial charge in [-0.1, -0.05) is 25.9 Å². The number of hydroxylamine groups is 1. The van der Waals surface area contributed by atoms with Crippen LogP contribution in [0.15, 0.2) is 38.4 Å². The summed E-state index contributed by atoms with van der Waals surface area (Å²) in [6, 6.07) is 5.80. The fraction of sp³-hybridized carbons (Fsp3) is 0.316. The highest BCUT2D eigenvalue weighted by Crippen LogP contribution is 2.24. The second kappa shape index (κ2) is 8.44. The molecular formula is C19H20BrFN6O3. The summed E-state index contributed by atoms with van der Waals surface area (Å²) in [5.74, 6) is -0.801. The summed E-state index contributed by atoms with van der Waals surface area (Å²) in [5, 5.41) is 21.4. The van der Waals surface area contributed by atoms with Crippen LogP contribution in [-0.2, 0) is 18.9 Å². The molecule has 9 nitrogen and oxygen atoms in total. The standard InChI is InChI=1S/C19H20BrFN6O3/c1-19(2,3)16-9-14(27(4)23-16)15(28)8-13-17(26-30-25-13)18(24-29)22-10-5-6-12(21)11(20)7-10/h5-7,9,29H,8H2,1-4H3,(H,22,24). The van der Waals surface area contributed by atoms with Crippen LogP contribution in [0.3, 0.4) is 0 Å². The molecular weight excluding hydrogens is 459 g/mol. The molecule has 0 amide bonds. The van der Waals surface area contributed by atoms with E-state index in [1.165, 1.54) is 22.9 Å². The van der Waals surface area contributed by atoms with Crippen LogP contribution in [0.1, 0.15) is 48.3 Å². The molecule has 3 rings (SSSR count). The maximum Gasteiger partial charge on any atom is 0.187 e. The summed E-state index contributed by atoms with van der Waals surface area (Å²) >= 11 is 3.08. The molecule has 2 N–H and O–H groups in total. The average Bonchev–Trinajstić information content (AvgIpc) is 3.29. The van der Waals surface area contributed by atoms with Gasteiger partial charge in [-0.25, -0.2) is 14.0 Å². The lowest BCUT2D eigenvalue weighted by molar-refractivity contribution is 0.0981. The zero-order valence-electron chi connectivity index (χ0n) is 16.8. The fourth-order valence-electron chi connectivity index (χ4n) is 2.65. The van der Waals surface area contributed by atoms with E-state index < -0.39 is 5.82 Å². The van der Waals surface area contributed by atoms with Crippen LogP contribution < -0.4 is 5.48 Å². The molecule has 0 aliphatic heterocycles. The van der Waals surface area contributed by atoms with Gasteiger partial charge in [-0.05, 0) is 45.4 Å². The second-order valence-electron chi connectivity index (χ2n) is 7.62. The van der Waals surface area contributed by atoms with E-state index in [4.69, 9.17) is 4.63 Å². The highest BCUT2D eigenvalue weighted by Gasteiger charge is 2.25. The summed E-state index contributed by atoms with van der Waals surface area (Å²) in [6.07, 6.45) is -0.143. The van der Waals surface area contributed by atoms with Crippen molar-refractivity contribution in [1.29, 1.82) is 0 Å². The SMILES string of the molecule is Cn1nc(C(C)(C)C)cc1C(=O)Cc1nonc1C(=Nc1ccc(F)c(Br)c1)NO. The summed E-state index contributed by atoms with van der Waals surface area (Å²) in [5.41, 5.74) is 3.49. The maximum absolute atomic E-state index is 13.4. The number of nitrogens with one attached hydrogen (secondary N) is 1. The lowest BCUT2D eigenvalue weighted by Crippen LogP contribution is -2.23. The molecule has 0 radical (unpaired) electrons. The minimum absolute atomic E-state index is 0.0597. The molecule has 30 heavy (non-hydrogen) atoms. The van der Waals surface area contributed by atoms with Crippen molar-refractivity contribution in [1.82, 2.24) is 25.6 Å². The van der Waals surface area contributed by atoms with Gasteiger partial charge in [-0.2, -0.15) is 5.10 Å². The molecule has 0 saturated heterocycles. The molecule has 0 bridgehead atoms. The smallest absolute Gasteiger partial charge is 0.187 e. The predicted molar refractivity (Wildman–Crippen MR) is 109 cm³/mol. The monoisotopic (exact) mass is 478 g/mol. The van der Waals surface area contributed by atoms with Gasteiger partial charge in [0.25, 0.3) is 0 Å². The number of nitrogens with zero attached hydrogens (tertiary/aromatic N) is 5. The number of benzene rings is 1. The molecule has 11 heteroatoms. The molecule has 1 aromatic carbocycles. The van der Waals surface area contributed by atoms with Crippen molar-refractivity contribution in [3.63, 3.8) is 0 Å². The summed E-state index contributed by atoms with van der Waals surface area (Å²) in [7, 11) is 1.69. The minimum Gasteiger partial charge on any atom is -0.292 e. The molecule has 158 valence electrons. The third-order valence-corrected chi connectivity index (χ3v) is 4.90. The third kappa shape index (κ3) is 4.62. The van der Waals surface area contributed by atoms with Crippen LogP contribution in [0.2, 0.25) is 0 Å². The Bertz CT molecular complexity index is 1120. The number of amidine groups is 1. The molecule has 2 aromatic heterocycles. The molecule has 0 atom stereocenters. The Hall–Kier alpha value is -2.92. The van der Waals surface area contributed by atoms with Gasteiger partial charge in [0, 0.05) is 12.5 Å². The number of Topliss-reactive ketones (excluding diaryl/α,β-unsaturated/α-hetero) is 1. The molecule has 2 heterocycles. The Labute approximate surface area is 180 Å². The van der Waals surface area contributed by atoms with Crippen LogP contribution in [0.25, 0.3) is 0 Å². The first kappa shape index (κ1) is 21.8. The summed E-state index contributed by atoms with van der Waals surface area (Å²) in [6.45, 7) is 6.02. The highest BCUT2D eigenvalue weighted by molar-refractivity contribution is 9.10. The predicted octanol–water partition coefficient (Wildman–Crippen LogP) is 3.48. The van der Waals surface area contributed by atoms with E-state index in [0.717, 1.165) is 5.69 Å². The topological polar surface area (TPSA) is 118 Å². The highest BCUT2D eigenvalue weighted by atomic mass is 79.9. The van der Waals surface area contributed by atoms with E-state index in [2.05, 4.69) is 36.3 Å². The van der Waals surface area contributed by atoms with Gasteiger partial charge in [0.2, 0.25) is 0 Å². The van der Waals surface area contributed by atoms with Crippen LogP contribution >= 0.6 is 15.9 Å². The van der Waals surface area contributed by atoms with Gasteiger partial charge >= 0.3 is 0 Å². The molecule has 0 aliphatic rings. The Kier molecular flexibility index (Phi) is 6.13. The molecule has 0 spiro atoms. The first-order valence-corrected chi connectivity index (χ1v) is 9.73. The van der Waals surface area contributed by atoms with E-state index in [9.17, 15) is 14.4 Å². The van der Waals surface area contributed by atoms with Crippen molar-refractivity contribution >= 4 is 33.2 Å². The quantitative estimate of drug-likeness (QED) is 0.249. The molecule has 0 fully saturated rings. The Morgan fingerprint density at radius 1 is 1.33 bits per heavy atom. The molecule has 0 aliphatic carbocycles. The molecule has 0 unspecified atom stereocenters. The van der Waals surface area contributed by atoms with Crippen molar-refractivity contribution in [3.05, 3.63) is 57.3 Å². The molecule has 0 saturated carbocycles. The summed E-state index contributed by atoms with van der Waals surface area (Å²) < 4.78 is 19.9. The summed E-state index contributed by atoms with van der Waals surface area (Å²) in [4.78, 5) is 17.0. The zero-order valence-corrected chi connectivity index (χ0v) is 18.4. The normalized spacial score (nSPS) is 12.3. The van der Waals surface area contributed by atoms with Crippen LogP contribution in [0.4, 0.5) is 10.1 Å². The first-order chi connectivity index (χ1) is 14.1. The number of carbonyl (C=O) groups excluding carboxylic acids is 1. The van der Waals surface area contributed by atoms with Gasteiger partial charge in [-0.3, -0.25) is 20.2 Å². The number of ketones is 1. The van der Waals surface area contributed by atoms with Crippen LogP contribution in [-0.4, -0.2) is 36.9 Å². The van der Waals surface area contributed by atoms with Gasteiger partial charge < -0.3 is 0 Å². The number of hydrogen-bond donors (Lipinski definition) is 2. The number of hydrogen-bond acceptors (Lipinski definition) is 7. The van der Waals surface area contributed by atoms with Crippen molar-refractivity contribution in [3.8, 4) is 0 Å². The van der Waals surface area contributed by atoms with Gasteiger partial charge in [0.1, 0.15) is 17.2 Å². The van der Waals surface area contributed by atoms with Gasteiger partial charge in [0.15, 0.2) is 17.3 Å². The van der Waals surface area contributed by atoms with E-state index in [0.29, 0.717) is 11.4 Å². The Morgan fingerprint density at radius 2 is 2.07 bits per heavy atom. The molecule has 3 aromatic rings. The lowest BCUT2D eigenvalue weighted by Gasteiger charge is -2.13. The zero-order chi connectivity index (χ0) is 22.1. The maximum atomic E-state index is 13.4. The Morgan fingerprint density at radius 3 is 2.67 bits per heavy atom. The fourth-order valence-corrected chi connectivity index (χ4v) is 3.02. The average molecular weight is 479 g/mol. The number of aryl methyl sites for hydroxylation is 1. The van der Waals surface area contributed by atoms with E-state index in [-0.39, 0.29) is 39.3 Å². The van der Waals surface area contributed by atoms with E-state index in [1.54, 1.807) is 13.1 Å². The van der Waals surface area contributed by atoms with Crippen molar-refractivity contribution in [2.24, 2.45) is 12.0 Å². The number of carbonyl (C=O) groups is 1. The second-order valence-corrected chi connectivity index (χ2v) is 8.47. The van der Waals surface area contributed by atoms with Crippen LogP contribution in [0, 0.1) is 5.82 Å². The van der Waals surface area contributed by atoms with Crippen molar-refractivity contribution in [2.45, 2.75) is 32.6 Å². The van der Waals surface area contributed by atoms with Crippen LogP contribution in [0.5, 0.6) is 0 Å². The van der Waals surface area contributed by atoms with E-state index in [1.807, 2.05) is 26.3 Å². The number of halogens is 2. The van der Waals surface area contributed by atoms with Crippen molar-refractivity contribution < 1.29 is 19.0 Å². The van der Waals surface area contributed by atoms with Crippen molar-refractivity contribution in [2.75, 3.05) is 0 Å². The number of aromatic nitrogens is 4. The van der Waals surface area contributed by atoms with Gasteiger partial charge in [0.05, 0.1) is 22.3 Å². The minimum atomic E-state index is -0.451. The number of aliphatic imine (C=N–C) groups is 1. The number of rotatable bonds is 5. The first-order valence-electron chi connectivity index (χ1n) is 8.93. The lowest BCUT2D eigenvalue weighted by atomic mass is 9.92. The third-order valence-electron chi connectivity index (χ3n) is 4.29. The Balaban J connectivity index is 1.89.